The van der Waals surface area contributed by atoms with E-state index in [1.165, 1.54) is 0 Å². The number of rotatable bonds is 5. The molecule has 1 aliphatic carbocycles. The monoisotopic (exact) mass is 391 g/mol. The first-order valence-corrected chi connectivity index (χ1v) is 10.5. The number of fused-ring (bicyclic) bond motifs is 1. The summed E-state index contributed by atoms with van der Waals surface area (Å²) >= 11 is 0. The van der Waals surface area contributed by atoms with Gasteiger partial charge in [0.25, 0.3) is 11.6 Å². The number of carbonyl (C=O) groups is 1. The van der Waals surface area contributed by atoms with Gasteiger partial charge in [-0.25, -0.2) is 4.98 Å². The Hall–Kier alpha value is -2.80. The zero-order valence-corrected chi connectivity index (χ0v) is 16.6. The van der Waals surface area contributed by atoms with E-state index in [-0.39, 0.29) is 11.9 Å². The lowest BCUT2D eigenvalue weighted by Gasteiger charge is -2.36. The van der Waals surface area contributed by atoms with Crippen LogP contribution in [-0.4, -0.2) is 45.6 Å². The molecule has 1 aliphatic heterocycles. The van der Waals surface area contributed by atoms with Crippen LogP contribution >= 0.6 is 0 Å². The highest BCUT2D eigenvalue weighted by Crippen LogP contribution is 2.41. The minimum atomic E-state index is -0.0491. The number of pyridine rings is 2. The summed E-state index contributed by atoms with van der Waals surface area (Å²) in [5.74, 6) is 0.457. The van der Waals surface area contributed by atoms with Crippen molar-refractivity contribution in [3.63, 3.8) is 0 Å². The predicted octanol–water partition coefficient (Wildman–Crippen LogP) is 3.23. The fourth-order valence-electron chi connectivity index (χ4n) is 4.17. The molecule has 150 valence electrons. The number of aryl methyl sites for hydroxylation is 1. The van der Waals surface area contributed by atoms with Crippen molar-refractivity contribution in [2.75, 3.05) is 19.6 Å². The first kappa shape index (κ1) is 18.2. The topological polar surface area (TPSA) is 84.2 Å². The number of nitrogens with one attached hydrogen (secondary N) is 1. The smallest absolute Gasteiger partial charge is 0.259 e. The van der Waals surface area contributed by atoms with E-state index in [9.17, 15) is 4.79 Å². The van der Waals surface area contributed by atoms with Gasteiger partial charge in [-0.15, -0.1) is 0 Å². The van der Waals surface area contributed by atoms with Gasteiger partial charge in [0.15, 0.2) is 0 Å². The molecule has 29 heavy (non-hydrogen) atoms. The van der Waals surface area contributed by atoms with Gasteiger partial charge in [-0.3, -0.25) is 9.78 Å². The highest BCUT2D eigenvalue weighted by Gasteiger charge is 2.33. The highest BCUT2D eigenvalue weighted by atomic mass is 16.5. The first-order chi connectivity index (χ1) is 14.3. The van der Waals surface area contributed by atoms with Crippen molar-refractivity contribution in [1.82, 2.24) is 25.3 Å². The Kier molecular flexibility index (Phi) is 4.75. The molecule has 1 amide bonds. The van der Waals surface area contributed by atoms with Gasteiger partial charge in [0.2, 0.25) is 0 Å². The third-order valence-electron chi connectivity index (χ3n) is 5.82. The van der Waals surface area contributed by atoms with E-state index in [0.717, 1.165) is 54.6 Å². The molecule has 7 nitrogen and oxygen atoms in total. The van der Waals surface area contributed by atoms with Gasteiger partial charge in [-0.05, 0) is 37.0 Å². The third-order valence-corrected chi connectivity index (χ3v) is 5.82. The van der Waals surface area contributed by atoms with E-state index < -0.39 is 0 Å². The van der Waals surface area contributed by atoms with Crippen molar-refractivity contribution in [2.24, 2.45) is 0 Å². The third kappa shape index (κ3) is 3.40. The SMILES string of the molecule is CCCc1noc2nc(C3CC3)cc(C(=O)N3CCNCC3c3cccnc3)c12. The molecule has 3 aromatic heterocycles. The highest BCUT2D eigenvalue weighted by molar-refractivity contribution is 6.06. The van der Waals surface area contributed by atoms with Crippen LogP contribution in [0, 0.1) is 0 Å². The molecule has 1 saturated heterocycles. The second-order valence-corrected chi connectivity index (χ2v) is 7.93. The molecule has 4 heterocycles. The number of piperazine rings is 1. The van der Waals surface area contributed by atoms with Gasteiger partial charge in [0.05, 0.1) is 22.7 Å². The summed E-state index contributed by atoms with van der Waals surface area (Å²) in [6.45, 7) is 4.24. The normalized spacial score (nSPS) is 19.6. The average molecular weight is 391 g/mol. The van der Waals surface area contributed by atoms with Crippen LogP contribution in [-0.2, 0) is 6.42 Å². The van der Waals surface area contributed by atoms with E-state index in [2.05, 4.69) is 27.4 Å². The summed E-state index contributed by atoms with van der Waals surface area (Å²) in [6.07, 6.45) is 7.55. The minimum absolute atomic E-state index is 0.0233. The van der Waals surface area contributed by atoms with Crippen molar-refractivity contribution < 1.29 is 9.32 Å². The van der Waals surface area contributed by atoms with Gasteiger partial charge in [-0.1, -0.05) is 24.6 Å². The van der Waals surface area contributed by atoms with Crippen LogP contribution in [0.3, 0.4) is 0 Å². The number of nitrogens with zero attached hydrogens (tertiary/aromatic N) is 4. The lowest BCUT2D eigenvalue weighted by Crippen LogP contribution is -2.48. The van der Waals surface area contributed by atoms with Crippen LogP contribution in [0.2, 0.25) is 0 Å². The summed E-state index contributed by atoms with van der Waals surface area (Å²) in [6, 6.07) is 5.89. The van der Waals surface area contributed by atoms with Crippen LogP contribution in [0.15, 0.2) is 35.1 Å². The Bertz CT molecular complexity index is 1030. The largest absolute Gasteiger partial charge is 0.336 e. The summed E-state index contributed by atoms with van der Waals surface area (Å²) in [4.78, 5) is 24.7. The number of hydrogen-bond acceptors (Lipinski definition) is 6. The van der Waals surface area contributed by atoms with E-state index in [0.29, 0.717) is 30.3 Å². The Morgan fingerprint density at radius 2 is 2.28 bits per heavy atom. The van der Waals surface area contributed by atoms with Gasteiger partial charge >= 0.3 is 0 Å². The second-order valence-electron chi connectivity index (χ2n) is 7.93. The fraction of sp³-hybridized carbons (Fsp3) is 0.455. The second kappa shape index (κ2) is 7.55. The van der Waals surface area contributed by atoms with Crippen LogP contribution in [0.4, 0.5) is 0 Å². The molecule has 1 saturated carbocycles. The molecule has 3 aromatic rings. The van der Waals surface area contributed by atoms with Crippen LogP contribution in [0.1, 0.15) is 65.5 Å². The van der Waals surface area contributed by atoms with Crippen LogP contribution in [0.5, 0.6) is 0 Å². The number of hydrogen-bond donors (Lipinski definition) is 1. The Morgan fingerprint density at radius 3 is 3.03 bits per heavy atom. The van der Waals surface area contributed by atoms with Gasteiger partial charge in [-0.2, -0.15) is 0 Å². The molecule has 7 heteroatoms. The molecule has 1 unspecified atom stereocenters. The summed E-state index contributed by atoms with van der Waals surface area (Å²) in [7, 11) is 0. The maximum absolute atomic E-state index is 13.8. The Labute approximate surface area is 169 Å². The quantitative estimate of drug-likeness (QED) is 0.719. The van der Waals surface area contributed by atoms with Crippen molar-refractivity contribution in [1.29, 1.82) is 0 Å². The predicted molar refractivity (Wildman–Crippen MR) is 109 cm³/mol. The van der Waals surface area contributed by atoms with Gasteiger partial charge in [0.1, 0.15) is 0 Å². The zero-order chi connectivity index (χ0) is 19.8. The number of amides is 1. The molecular formula is C22H25N5O2. The number of carbonyl (C=O) groups excluding carboxylic acids is 1. The molecule has 1 N–H and O–H groups in total. The summed E-state index contributed by atoms with van der Waals surface area (Å²) in [5.41, 5.74) is 3.99. The molecule has 2 fully saturated rings. The van der Waals surface area contributed by atoms with Crippen LogP contribution in [0.25, 0.3) is 11.1 Å². The standard InChI is InChI=1S/C22H25N5O2/c1-2-4-17-20-16(11-18(14-6-7-14)25-21(20)29-26-17)22(28)27-10-9-24-13-19(27)15-5-3-8-23-12-15/h3,5,8,11-12,14,19,24H,2,4,6-7,9-10,13H2,1H3. The zero-order valence-electron chi connectivity index (χ0n) is 16.6. The molecule has 0 bridgehead atoms. The fourth-order valence-corrected chi connectivity index (χ4v) is 4.17. The van der Waals surface area contributed by atoms with E-state index in [1.54, 1.807) is 6.20 Å². The molecule has 0 aromatic carbocycles. The summed E-state index contributed by atoms with van der Waals surface area (Å²) in [5, 5.41) is 8.43. The van der Waals surface area contributed by atoms with Crippen LogP contribution < -0.4 is 5.32 Å². The van der Waals surface area contributed by atoms with Crippen molar-refractivity contribution in [3.05, 3.63) is 53.1 Å². The maximum Gasteiger partial charge on any atom is 0.259 e. The Morgan fingerprint density at radius 1 is 1.38 bits per heavy atom. The van der Waals surface area contributed by atoms with E-state index in [1.807, 2.05) is 29.3 Å². The first-order valence-electron chi connectivity index (χ1n) is 10.5. The van der Waals surface area contributed by atoms with Crippen molar-refractivity contribution in [3.8, 4) is 0 Å². The van der Waals surface area contributed by atoms with Gasteiger partial charge in [0, 0.05) is 43.6 Å². The molecule has 2 aliphatic rings. The lowest BCUT2D eigenvalue weighted by atomic mass is 10.0. The Balaban J connectivity index is 1.59. The molecule has 0 radical (unpaired) electrons. The van der Waals surface area contributed by atoms with Gasteiger partial charge < -0.3 is 14.7 Å². The average Bonchev–Trinajstić information content (AvgIpc) is 3.55. The van der Waals surface area contributed by atoms with E-state index >= 15 is 0 Å². The molecule has 0 spiro atoms. The van der Waals surface area contributed by atoms with Crippen molar-refractivity contribution in [2.45, 2.75) is 44.6 Å². The van der Waals surface area contributed by atoms with E-state index in [4.69, 9.17) is 4.52 Å². The maximum atomic E-state index is 13.8. The lowest BCUT2D eigenvalue weighted by molar-refractivity contribution is 0.0635. The molecule has 1 atom stereocenters. The molecular weight excluding hydrogens is 366 g/mol. The molecule has 5 rings (SSSR count). The summed E-state index contributed by atoms with van der Waals surface area (Å²) < 4.78 is 5.56. The van der Waals surface area contributed by atoms with Crippen molar-refractivity contribution >= 4 is 17.0 Å². The minimum Gasteiger partial charge on any atom is -0.336 e. The number of aromatic nitrogens is 3.